The Morgan fingerprint density at radius 3 is 2.26 bits per heavy atom. The number of rotatable bonds is 7. The molecule has 0 unspecified atom stereocenters. The van der Waals surface area contributed by atoms with Gasteiger partial charge in [0.1, 0.15) is 0 Å². The molecule has 0 saturated carbocycles. The van der Waals surface area contributed by atoms with Crippen LogP contribution in [-0.4, -0.2) is 38.1 Å². The van der Waals surface area contributed by atoms with Crippen molar-refractivity contribution in [1.82, 2.24) is 0 Å². The SMILES string of the molecule is COC(=O)[C@@H](CC(=O)SC(C)(C)C)[C@H](O[Si](C)(C)C(C)(C)C)c1ccc2c(c1)OCO2. The van der Waals surface area contributed by atoms with Crippen LogP contribution in [0.2, 0.25) is 18.1 Å². The van der Waals surface area contributed by atoms with Crippen LogP contribution in [0.5, 0.6) is 11.5 Å². The number of fused-ring (bicyclic) bond motifs is 1. The van der Waals surface area contributed by atoms with E-state index in [-0.39, 0.29) is 28.1 Å². The van der Waals surface area contributed by atoms with Crippen LogP contribution in [0.1, 0.15) is 59.6 Å². The Morgan fingerprint density at radius 1 is 1.10 bits per heavy atom. The molecule has 2 atom stereocenters. The highest BCUT2D eigenvalue weighted by atomic mass is 32.2. The molecule has 0 radical (unpaired) electrons. The molecule has 6 nitrogen and oxygen atoms in total. The van der Waals surface area contributed by atoms with Crippen LogP contribution in [0.4, 0.5) is 0 Å². The topological polar surface area (TPSA) is 71.1 Å². The van der Waals surface area contributed by atoms with Gasteiger partial charge in [0.05, 0.1) is 19.1 Å². The molecule has 1 heterocycles. The van der Waals surface area contributed by atoms with E-state index < -0.39 is 26.3 Å². The summed E-state index contributed by atoms with van der Waals surface area (Å²) in [7, 11) is -0.947. The Balaban J connectivity index is 2.48. The van der Waals surface area contributed by atoms with Gasteiger partial charge >= 0.3 is 5.97 Å². The number of carbonyl (C=O) groups is 2. The first-order chi connectivity index (χ1) is 14.1. The molecule has 0 bridgehead atoms. The highest BCUT2D eigenvalue weighted by Crippen LogP contribution is 2.45. The van der Waals surface area contributed by atoms with E-state index in [2.05, 4.69) is 33.9 Å². The van der Waals surface area contributed by atoms with E-state index in [0.29, 0.717) is 11.5 Å². The average Bonchev–Trinajstić information content (AvgIpc) is 3.09. The first-order valence-electron chi connectivity index (χ1n) is 10.5. The largest absolute Gasteiger partial charge is 0.469 e. The summed E-state index contributed by atoms with van der Waals surface area (Å²) in [6.45, 7) is 16.8. The third kappa shape index (κ3) is 6.73. The molecule has 174 valence electrons. The van der Waals surface area contributed by atoms with E-state index in [0.717, 1.165) is 5.56 Å². The molecule has 0 spiro atoms. The summed E-state index contributed by atoms with van der Waals surface area (Å²) in [6, 6.07) is 5.54. The summed E-state index contributed by atoms with van der Waals surface area (Å²) in [5, 5.41) is -0.139. The molecule has 0 aromatic heterocycles. The van der Waals surface area contributed by atoms with Crippen LogP contribution >= 0.6 is 11.8 Å². The number of thioether (sulfide) groups is 1. The molecule has 1 aliphatic heterocycles. The average molecular weight is 469 g/mol. The molecule has 1 aliphatic rings. The predicted molar refractivity (Wildman–Crippen MR) is 126 cm³/mol. The van der Waals surface area contributed by atoms with E-state index in [9.17, 15) is 9.59 Å². The molecule has 0 aliphatic carbocycles. The van der Waals surface area contributed by atoms with Gasteiger partial charge in [-0.2, -0.15) is 0 Å². The van der Waals surface area contributed by atoms with Crippen LogP contribution in [0.3, 0.4) is 0 Å². The molecule has 0 fully saturated rings. The smallest absolute Gasteiger partial charge is 0.312 e. The maximum Gasteiger partial charge on any atom is 0.312 e. The Morgan fingerprint density at radius 2 is 1.71 bits per heavy atom. The highest BCUT2D eigenvalue weighted by molar-refractivity contribution is 8.14. The minimum Gasteiger partial charge on any atom is -0.469 e. The molecule has 2 rings (SSSR count). The van der Waals surface area contributed by atoms with Crippen molar-refractivity contribution < 1.29 is 28.2 Å². The van der Waals surface area contributed by atoms with Gasteiger partial charge in [-0.1, -0.05) is 59.4 Å². The molecule has 0 N–H and O–H groups in total. The number of carbonyl (C=O) groups excluding carboxylic acids is 2. The monoisotopic (exact) mass is 468 g/mol. The molecule has 8 heteroatoms. The van der Waals surface area contributed by atoms with E-state index >= 15 is 0 Å². The zero-order chi connectivity index (χ0) is 23.6. The molecule has 0 amide bonds. The third-order valence-corrected chi connectivity index (χ3v) is 11.1. The Labute approximate surface area is 191 Å². The van der Waals surface area contributed by atoms with E-state index in [1.54, 1.807) is 0 Å². The van der Waals surface area contributed by atoms with Gasteiger partial charge in [-0.05, 0) is 35.8 Å². The van der Waals surface area contributed by atoms with Crippen molar-refractivity contribution in [3.8, 4) is 11.5 Å². The number of hydrogen-bond acceptors (Lipinski definition) is 7. The van der Waals surface area contributed by atoms with Gasteiger partial charge in [0.25, 0.3) is 0 Å². The minimum absolute atomic E-state index is 0.0301. The van der Waals surface area contributed by atoms with Crippen LogP contribution in [0.15, 0.2) is 18.2 Å². The second-order valence-corrected chi connectivity index (χ2v) is 17.0. The van der Waals surface area contributed by atoms with E-state index in [1.165, 1.54) is 18.9 Å². The van der Waals surface area contributed by atoms with Gasteiger partial charge in [-0.25, -0.2) is 0 Å². The zero-order valence-electron chi connectivity index (χ0n) is 20.2. The van der Waals surface area contributed by atoms with Gasteiger partial charge in [0.2, 0.25) is 6.79 Å². The number of benzene rings is 1. The molecule has 1 aromatic carbocycles. The van der Waals surface area contributed by atoms with Crippen LogP contribution in [0, 0.1) is 5.92 Å². The molecule has 1 aromatic rings. The third-order valence-electron chi connectivity index (χ3n) is 5.63. The quantitative estimate of drug-likeness (QED) is 0.374. The van der Waals surface area contributed by atoms with E-state index in [1.807, 2.05) is 39.0 Å². The van der Waals surface area contributed by atoms with Gasteiger partial charge in [-0.3, -0.25) is 9.59 Å². The van der Waals surface area contributed by atoms with Crippen molar-refractivity contribution in [1.29, 1.82) is 0 Å². The fraction of sp³-hybridized carbons (Fsp3) is 0.652. The lowest BCUT2D eigenvalue weighted by atomic mass is 9.93. The zero-order valence-corrected chi connectivity index (χ0v) is 22.0. The lowest BCUT2D eigenvalue weighted by Gasteiger charge is -2.41. The van der Waals surface area contributed by atoms with Crippen molar-refractivity contribution in [2.75, 3.05) is 13.9 Å². The Kier molecular flexibility index (Phi) is 7.93. The van der Waals surface area contributed by atoms with Gasteiger partial charge in [-0.15, -0.1) is 0 Å². The predicted octanol–water partition coefficient (Wildman–Crippen LogP) is 5.72. The molecular weight excluding hydrogens is 432 g/mol. The Hall–Kier alpha value is -1.51. The number of methoxy groups -OCH3 is 1. The standard InChI is InChI=1S/C23H36O6SSi/c1-22(2,3)30-19(24)13-16(21(25)26-7)20(29-31(8,9)23(4,5)6)15-10-11-17-18(12-15)28-14-27-17/h10-12,16,20H,13-14H2,1-9H3/t16-,20+/m0/s1. The van der Waals surface area contributed by atoms with Crippen LogP contribution in [0.25, 0.3) is 0 Å². The summed E-state index contributed by atoms with van der Waals surface area (Å²) in [4.78, 5) is 25.7. The number of hydrogen-bond donors (Lipinski definition) is 0. The summed E-state index contributed by atoms with van der Waals surface area (Å²) in [5.74, 6) is 0.0511. The second kappa shape index (κ2) is 9.54. The van der Waals surface area contributed by atoms with Crippen molar-refractivity contribution >= 4 is 31.2 Å². The lowest BCUT2D eigenvalue weighted by molar-refractivity contribution is -0.150. The van der Waals surface area contributed by atoms with Gasteiger partial charge in [0, 0.05) is 11.2 Å². The minimum atomic E-state index is -2.29. The normalized spacial score (nSPS) is 16.0. The maximum absolute atomic E-state index is 12.9. The summed E-state index contributed by atoms with van der Waals surface area (Å²) in [6.07, 6.45) is -0.602. The summed E-state index contributed by atoms with van der Waals surface area (Å²) >= 11 is 1.23. The summed E-state index contributed by atoms with van der Waals surface area (Å²) < 4.78 is 22.6. The summed E-state index contributed by atoms with van der Waals surface area (Å²) in [5.41, 5.74) is 0.776. The number of esters is 1. The fourth-order valence-corrected chi connectivity index (χ4v) is 5.23. The van der Waals surface area contributed by atoms with Crippen molar-refractivity contribution in [3.63, 3.8) is 0 Å². The van der Waals surface area contributed by atoms with Crippen LogP contribution < -0.4 is 9.47 Å². The second-order valence-electron chi connectivity index (χ2n) is 10.3. The maximum atomic E-state index is 12.9. The number of ether oxygens (including phenoxy) is 3. The van der Waals surface area contributed by atoms with Gasteiger partial charge in [0.15, 0.2) is 24.9 Å². The first kappa shape index (κ1) is 25.7. The van der Waals surface area contributed by atoms with Gasteiger partial charge < -0.3 is 18.6 Å². The first-order valence-corrected chi connectivity index (χ1v) is 14.2. The lowest BCUT2D eigenvalue weighted by Crippen LogP contribution is -2.44. The van der Waals surface area contributed by atoms with Crippen molar-refractivity contribution in [3.05, 3.63) is 23.8 Å². The fourth-order valence-electron chi connectivity index (χ4n) is 2.99. The molecule has 31 heavy (non-hydrogen) atoms. The Bertz CT molecular complexity index is 809. The van der Waals surface area contributed by atoms with Crippen molar-refractivity contribution in [2.45, 2.75) is 76.9 Å². The van der Waals surface area contributed by atoms with Crippen molar-refractivity contribution in [2.24, 2.45) is 5.92 Å². The highest BCUT2D eigenvalue weighted by Gasteiger charge is 2.44. The molecule has 0 saturated heterocycles. The van der Waals surface area contributed by atoms with E-state index in [4.69, 9.17) is 18.6 Å². The molecular formula is C23H36O6SSi. The van der Waals surface area contributed by atoms with Crippen LogP contribution in [-0.2, 0) is 18.8 Å².